The fourth-order valence-corrected chi connectivity index (χ4v) is 7.85. The first-order valence-electron chi connectivity index (χ1n) is 11.7. The number of benzene rings is 1. The predicted molar refractivity (Wildman–Crippen MR) is 133 cm³/mol. The SMILES string of the molecule is CC(C)C1(C#N)CCN(S(=O)(=O)c2ccc(NCCc3nc4c(s3)CCCC4)cc2Cl)CC1. The Balaban J connectivity index is 1.37. The summed E-state index contributed by atoms with van der Waals surface area (Å²) in [4.78, 5) is 6.33. The van der Waals surface area contributed by atoms with E-state index in [1.54, 1.807) is 18.2 Å². The van der Waals surface area contributed by atoms with Gasteiger partial charge in [-0.05, 0) is 62.6 Å². The van der Waals surface area contributed by atoms with Crippen molar-refractivity contribution in [2.45, 2.75) is 63.7 Å². The smallest absolute Gasteiger partial charge is 0.244 e. The number of nitrogens with one attached hydrogen (secondary N) is 1. The lowest BCUT2D eigenvalue weighted by molar-refractivity contribution is 0.157. The van der Waals surface area contributed by atoms with Crippen molar-refractivity contribution < 1.29 is 8.42 Å². The molecule has 0 amide bonds. The van der Waals surface area contributed by atoms with Crippen molar-refractivity contribution in [1.82, 2.24) is 9.29 Å². The van der Waals surface area contributed by atoms with Crippen molar-refractivity contribution in [2.24, 2.45) is 11.3 Å². The van der Waals surface area contributed by atoms with Crippen LogP contribution in [0.5, 0.6) is 0 Å². The molecule has 0 bridgehead atoms. The van der Waals surface area contributed by atoms with Crippen LogP contribution in [0.25, 0.3) is 0 Å². The van der Waals surface area contributed by atoms with Gasteiger partial charge in [-0.1, -0.05) is 25.4 Å². The van der Waals surface area contributed by atoms with Gasteiger partial charge in [-0.15, -0.1) is 11.3 Å². The topological polar surface area (TPSA) is 86.1 Å². The third kappa shape index (κ3) is 5.07. The minimum absolute atomic E-state index is 0.122. The molecule has 0 spiro atoms. The quantitative estimate of drug-likeness (QED) is 0.552. The maximum Gasteiger partial charge on any atom is 0.244 e. The Kier molecular flexibility index (Phi) is 7.35. The number of nitriles is 1. The number of hydrogen-bond donors (Lipinski definition) is 1. The molecule has 1 fully saturated rings. The van der Waals surface area contributed by atoms with Crippen LogP contribution in [-0.2, 0) is 29.3 Å². The summed E-state index contributed by atoms with van der Waals surface area (Å²) in [5, 5.41) is 14.3. The fourth-order valence-electron chi connectivity index (χ4n) is 4.73. The van der Waals surface area contributed by atoms with E-state index in [4.69, 9.17) is 16.6 Å². The first-order chi connectivity index (χ1) is 15.7. The first kappa shape index (κ1) is 24.5. The molecule has 1 aliphatic carbocycles. The monoisotopic (exact) mass is 506 g/mol. The summed E-state index contributed by atoms with van der Waals surface area (Å²) in [6, 6.07) is 7.46. The second kappa shape index (κ2) is 9.91. The Morgan fingerprint density at radius 3 is 2.64 bits per heavy atom. The molecule has 0 saturated carbocycles. The highest BCUT2D eigenvalue weighted by Crippen LogP contribution is 2.40. The highest BCUT2D eigenvalue weighted by Gasteiger charge is 2.41. The van der Waals surface area contributed by atoms with Crippen LogP contribution in [-0.4, -0.2) is 37.3 Å². The fraction of sp³-hybridized carbons (Fsp3) is 0.583. The van der Waals surface area contributed by atoms with Crippen LogP contribution in [0.2, 0.25) is 5.02 Å². The Hall–Kier alpha value is -1.66. The van der Waals surface area contributed by atoms with Crippen molar-refractivity contribution in [3.8, 4) is 6.07 Å². The van der Waals surface area contributed by atoms with Crippen LogP contribution in [0.15, 0.2) is 23.1 Å². The number of aromatic nitrogens is 1. The highest BCUT2D eigenvalue weighted by atomic mass is 35.5. The van der Waals surface area contributed by atoms with E-state index in [1.165, 1.54) is 27.7 Å². The average molecular weight is 507 g/mol. The van der Waals surface area contributed by atoms with Gasteiger partial charge in [0, 0.05) is 36.6 Å². The Bertz CT molecular complexity index is 1120. The average Bonchev–Trinajstić information content (AvgIpc) is 3.21. The van der Waals surface area contributed by atoms with E-state index in [0.717, 1.165) is 30.0 Å². The van der Waals surface area contributed by atoms with E-state index >= 15 is 0 Å². The summed E-state index contributed by atoms with van der Waals surface area (Å²) in [6.07, 6.45) is 6.65. The van der Waals surface area contributed by atoms with E-state index in [1.807, 2.05) is 25.2 Å². The number of nitrogens with zero attached hydrogens (tertiary/aromatic N) is 3. The number of hydrogen-bond acceptors (Lipinski definition) is 6. The lowest BCUT2D eigenvalue weighted by Gasteiger charge is -2.39. The zero-order valence-electron chi connectivity index (χ0n) is 19.2. The van der Waals surface area contributed by atoms with E-state index < -0.39 is 15.4 Å². The molecule has 0 radical (unpaired) electrons. The number of rotatable bonds is 7. The summed E-state index contributed by atoms with van der Waals surface area (Å²) in [5.74, 6) is 0.191. The summed E-state index contributed by atoms with van der Waals surface area (Å²) in [6.45, 7) is 5.44. The zero-order chi connectivity index (χ0) is 23.6. The summed E-state index contributed by atoms with van der Waals surface area (Å²) in [7, 11) is -3.70. The molecule has 1 N–H and O–H groups in total. The van der Waals surface area contributed by atoms with Crippen LogP contribution >= 0.6 is 22.9 Å². The van der Waals surface area contributed by atoms with Gasteiger partial charge in [0.1, 0.15) is 4.90 Å². The van der Waals surface area contributed by atoms with Gasteiger partial charge in [0.05, 0.1) is 27.2 Å². The molecule has 2 aliphatic rings. The number of aryl methyl sites for hydroxylation is 2. The van der Waals surface area contributed by atoms with Crippen molar-refractivity contribution in [3.63, 3.8) is 0 Å². The number of thiazole rings is 1. The molecule has 4 rings (SSSR count). The third-order valence-electron chi connectivity index (χ3n) is 7.05. The van der Waals surface area contributed by atoms with Gasteiger partial charge in [-0.2, -0.15) is 9.57 Å². The summed E-state index contributed by atoms with van der Waals surface area (Å²) in [5.41, 5.74) is 1.61. The van der Waals surface area contributed by atoms with Crippen molar-refractivity contribution in [3.05, 3.63) is 38.8 Å². The van der Waals surface area contributed by atoms with Gasteiger partial charge in [0.15, 0.2) is 0 Å². The molecule has 0 atom stereocenters. The standard InChI is InChI=1S/C24H31ClN4O2S2/c1-17(2)24(16-26)10-13-29(14-11-24)33(30,31)22-8-7-18(15-19(22)25)27-12-9-23-28-20-5-3-4-6-21(20)32-23/h7-8,15,17,27H,3-6,9-14H2,1-2H3. The lowest BCUT2D eigenvalue weighted by atomic mass is 9.72. The molecule has 0 unspecified atom stereocenters. The van der Waals surface area contributed by atoms with Gasteiger partial charge in [0.25, 0.3) is 0 Å². The lowest BCUT2D eigenvalue weighted by Crippen LogP contribution is -2.44. The van der Waals surface area contributed by atoms with Crippen molar-refractivity contribution in [1.29, 1.82) is 5.26 Å². The van der Waals surface area contributed by atoms with Crippen LogP contribution < -0.4 is 5.32 Å². The van der Waals surface area contributed by atoms with Crippen LogP contribution in [0.4, 0.5) is 5.69 Å². The van der Waals surface area contributed by atoms with Crippen molar-refractivity contribution >= 4 is 38.6 Å². The molecular weight excluding hydrogens is 476 g/mol. The van der Waals surface area contributed by atoms with Crippen LogP contribution in [0, 0.1) is 22.7 Å². The normalized spacial score (nSPS) is 18.6. The van der Waals surface area contributed by atoms with Gasteiger partial charge in [0.2, 0.25) is 10.0 Å². The maximum atomic E-state index is 13.2. The number of sulfonamides is 1. The second-order valence-corrected chi connectivity index (χ2v) is 12.8. The first-order valence-corrected chi connectivity index (χ1v) is 14.3. The van der Waals surface area contributed by atoms with Gasteiger partial charge < -0.3 is 5.32 Å². The molecule has 1 aromatic carbocycles. The largest absolute Gasteiger partial charge is 0.385 e. The number of anilines is 1. The number of fused-ring (bicyclic) bond motifs is 1. The maximum absolute atomic E-state index is 13.2. The predicted octanol–water partition coefficient (Wildman–Crippen LogP) is 5.28. The molecule has 1 aromatic heterocycles. The molecule has 9 heteroatoms. The van der Waals surface area contributed by atoms with E-state index in [-0.39, 0.29) is 15.8 Å². The molecular formula is C24H31ClN4O2S2. The molecule has 2 aromatic rings. The molecule has 1 aliphatic heterocycles. The number of piperidine rings is 1. The molecule has 178 valence electrons. The van der Waals surface area contributed by atoms with E-state index in [2.05, 4.69) is 11.4 Å². The highest BCUT2D eigenvalue weighted by molar-refractivity contribution is 7.89. The Labute approximate surface area is 206 Å². The van der Waals surface area contributed by atoms with Crippen molar-refractivity contribution in [2.75, 3.05) is 25.0 Å². The Morgan fingerprint density at radius 2 is 2.00 bits per heavy atom. The van der Waals surface area contributed by atoms with E-state index in [9.17, 15) is 13.7 Å². The van der Waals surface area contributed by atoms with Crippen LogP contribution in [0.1, 0.15) is 55.1 Å². The second-order valence-electron chi connectivity index (χ2n) is 9.33. The third-order valence-corrected chi connectivity index (χ3v) is 10.6. The van der Waals surface area contributed by atoms with Gasteiger partial charge in [-0.3, -0.25) is 0 Å². The molecule has 6 nitrogen and oxygen atoms in total. The minimum atomic E-state index is -3.70. The Morgan fingerprint density at radius 1 is 1.27 bits per heavy atom. The van der Waals surface area contributed by atoms with Crippen LogP contribution in [0.3, 0.4) is 0 Å². The van der Waals surface area contributed by atoms with E-state index in [0.29, 0.717) is 32.5 Å². The zero-order valence-corrected chi connectivity index (χ0v) is 21.6. The summed E-state index contributed by atoms with van der Waals surface area (Å²) < 4.78 is 27.9. The molecule has 33 heavy (non-hydrogen) atoms. The molecule has 2 heterocycles. The minimum Gasteiger partial charge on any atom is -0.385 e. The molecule has 1 saturated heterocycles. The van der Waals surface area contributed by atoms with Gasteiger partial charge in [-0.25, -0.2) is 13.4 Å². The summed E-state index contributed by atoms with van der Waals surface area (Å²) >= 11 is 8.24. The number of halogens is 1. The van der Waals surface area contributed by atoms with Gasteiger partial charge >= 0.3 is 0 Å².